The number of benzene rings is 1. The number of hydrogen-bond acceptors (Lipinski definition) is 3. The molecular weight excluding hydrogens is 248 g/mol. The third-order valence-corrected chi connectivity index (χ3v) is 4.25. The lowest BCUT2D eigenvalue weighted by Gasteiger charge is -2.20. The van der Waals surface area contributed by atoms with Crippen LogP contribution in [0, 0.1) is 12.3 Å². The van der Waals surface area contributed by atoms with Crippen LogP contribution in [0.4, 0.5) is 5.69 Å². The summed E-state index contributed by atoms with van der Waals surface area (Å²) < 4.78 is 27.0. The summed E-state index contributed by atoms with van der Waals surface area (Å²) in [7, 11) is -3.67. The van der Waals surface area contributed by atoms with Crippen LogP contribution >= 0.6 is 0 Å². The van der Waals surface area contributed by atoms with E-state index in [0.29, 0.717) is 17.7 Å². The van der Waals surface area contributed by atoms with Gasteiger partial charge in [-0.25, -0.2) is 8.42 Å². The zero-order chi connectivity index (χ0) is 14.0. The van der Waals surface area contributed by atoms with Crippen molar-refractivity contribution < 1.29 is 8.42 Å². The molecule has 0 aromatic heterocycles. The van der Waals surface area contributed by atoms with Crippen molar-refractivity contribution in [2.45, 2.75) is 37.6 Å². The molecule has 4 nitrogen and oxygen atoms in total. The molecule has 0 heterocycles. The predicted octanol–water partition coefficient (Wildman–Crippen LogP) is 1.52. The van der Waals surface area contributed by atoms with Crippen molar-refractivity contribution in [1.82, 2.24) is 4.72 Å². The molecule has 98 valence electrons. The van der Waals surface area contributed by atoms with Gasteiger partial charge in [-0.3, -0.25) is 0 Å². The molecule has 0 bridgehead atoms. The van der Waals surface area contributed by atoms with E-state index in [2.05, 4.69) is 10.6 Å². The van der Waals surface area contributed by atoms with Crippen molar-refractivity contribution in [3.8, 4) is 12.3 Å². The van der Waals surface area contributed by atoms with Crippen molar-refractivity contribution in [3.63, 3.8) is 0 Å². The van der Waals surface area contributed by atoms with E-state index in [4.69, 9.17) is 12.2 Å². The predicted molar refractivity (Wildman–Crippen MR) is 73.5 cm³/mol. The first kappa shape index (κ1) is 14.6. The molecule has 0 unspecified atom stereocenters. The summed E-state index contributed by atoms with van der Waals surface area (Å²) in [6, 6.07) is 4.85. The molecule has 3 N–H and O–H groups in total. The molecule has 1 rings (SSSR count). The Hall–Kier alpha value is -1.51. The summed E-state index contributed by atoms with van der Waals surface area (Å²) >= 11 is 0. The fourth-order valence-corrected chi connectivity index (χ4v) is 3.22. The zero-order valence-corrected chi connectivity index (χ0v) is 11.6. The Bertz CT molecular complexity index is 583. The highest BCUT2D eigenvalue weighted by Crippen LogP contribution is 2.21. The van der Waals surface area contributed by atoms with Gasteiger partial charge in [-0.15, -0.1) is 6.42 Å². The number of anilines is 1. The fourth-order valence-electron chi connectivity index (χ4n) is 1.53. The first-order chi connectivity index (χ1) is 8.22. The Labute approximate surface area is 109 Å². The van der Waals surface area contributed by atoms with E-state index in [1.165, 1.54) is 6.07 Å². The van der Waals surface area contributed by atoms with Gasteiger partial charge >= 0.3 is 0 Å². The molecule has 5 heteroatoms. The molecule has 0 aliphatic heterocycles. The maximum absolute atomic E-state index is 12.3. The van der Waals surface area contributed by atoms with Gasteiger partial charge in [-0.1, -0.05) is 18.9 Å². The molecular formula is C13H18N2O2S. The SMILES string of the molecule is C#CC(C)(C)NS(=O)(=O)c1cc(N)ccc1CC. The fraction of sp³-hybridized carbons (Fsp3) is 0.385. The van der Waals surface area contributed by atoms with Gasteiger partial charge < -0.3 is 5.73 Å². The van der Waals surface area contributed by atoms with Gasteiger partial charge in [0.15, 0.2) is 0 Å². The van der Waals surface area contributed by atoms with Crippen LogP contribution in [0.25, 0.3) is 0 Å². The third kappa shape index (κ3) is 3.25. The molecule has 0 aliphatic carbocycles. The number of nitrogens with one attached hydrogen (secondary N) is 1. The Morgan fingerprint density at radius 2 is 2.06 bits per heavy atom. The summed E-state index contributed by atoms with van der Waals surface area (Å²) in [4.78, 5) is 0.188. The van der Waals surface area contributed by atoms with E-state index < -0.39 is 15.6 Å². The van der Waals surface area contributed by atoms with E-state index >= 15 is 0 Å². The van der Waals surface area contributed by atoms with Crippen LogP contribution in [0.3, 0.4) is 0 Å². The van der Waals surface area contributed by atoms with E-state index in [0.717, 1.165) is 0 Å². The number of nitrogen functional groups attached to an aromatic ring is 1. The molecule has 0 amide bonds. The molecule has 18 heavy (non-hydrogen) atoms. The Morgan fingerprint density at radius 3 is 2.56 bits per heavy atom. The van der Waals surface area contributed by atoms with Crippen LogP contribution < -0.4 is 10.5 Å². The van der Waals surface area contributed by atoms with Crippen molar-refractivity contribution in [2.75, 3.05) is 5.73 Å². The number of rotatable bonds is 4. The molecule has 0 spiro atoms. The summed E-state index contributed by atoms with van der Waals surface area (Å²) in [5, 5.41) is 0. The minimum Gasteiger partial charge on any atom is -0.399 e. The lowest BCUT2D eigenvalue weighted by atomic mass is 10.1. The molecule has 0 atom stereocenters. The maximum atomic E-state index is 12.3. The third-order valence-electron chi connectivity index (χ3n) is 2.51. The van der Waals surface area contributed by atoms with Gasteiger partial charge in [0, 0.05) is 5.69 Å². The van der Waals surface area contributed by atoms with Crippen LogP contribution in [-0.2, 0) is 16.4 Å². The smallest absolute Gasteiger partial charge is 0.242 e. The van der Waals surface area contributed by atoms with Gasteiger partial charge in [0.05, 0.1) is 10.4 Å². The second-order valence-electron chi connectivity index (χ2n) is 4.60. The van der Waals surface area contributed by atoms with Gasteiger partial charge in [0.25, 0.3) is 0 Å². The lowest BCUT2D eigenvalue weighted by Crippen LogP contribution is -2.42. The first-order valence-electron chi connectivity index (χ1n) is 5.62. The van der Waals surface area contributed by atoms with Crippen molar-refractivity contribution in [2.24, 2.45) is 0 Å². The van der Waals surface area contributed by atoms with Gasteiger partial charge in [-0.2, -0.15) is 4.72 Å². The van der Waals surface area contributed by atoms with Crippen LogP contribution in [0.2, 0.25) is 0 Å². The topological polar surface area (TPSA) is 72.2 Å². The van der Waals surface area contributed by atoms with Gasteiger partial charge in [0.2, 0.25) is 10.0 Å². The second kappa shape index (κ2) is 5.01. The second-order valence-corrected chi connectivity index (χ2v) is 6.25. The highest BCUT2D eigenvalue weighted by atomic mass is 32.2. The van der Waals surface area contributed by atoms with E-state index in [9.17, 15) is 8.42 Å². The zero-order valence-electron chi connectivity index (χ0n) is 10.8. The van der Waals surface area contributed by atoms with E-state index in [-0.39, 0.29) is 4.90 Å². The van der Waals surface area contributed by atoms with Crippen LogP contribution in [-0.4, -0.2) is 14.0 Å². The molecule has 0 saturated heterocycles. The average molecular weight is 266 g/mol. The molecule has 1 aromatic carbocycles. The Morgan fingerprint density at radius 1 is 1.44 bits per heavy atom. The summed E-state index contributed by atoms with van der Waals surface area (Å²) in [6.07, 6.45) is 5.89. The number of terminal acetylenes is 1. The standard InChI is InChI=1S/C13H18N2O2S/c1-5-10-7-8-11(14)9-12(10)18(16,17)15-13(3,4)6-2/h2,7-9,15H,5,14H2,1,3-4H3. The molecule has 0 radical (unpaired) electrons. The monoisotopic (exact) mass is 266 g/mol. The average Bonchev–Trinajstić information content (AvgIpc) is 2.28. The van der Waals surface area contributed by atoms with Crippen molar-refractivity contribution in [1.29, 1.82) is 0 Å². The van der Waals surface area contributed by atoms with Crippen LogP contribution in [0.5, 0.6) is 0 Å². The van der Waals surface area contributed by atoms with Gasteiger partial charge in [-0.05, 0) is 38.0 Å². The highest BCUT2D eigenvalue weighted by molar-refractivity contribution is 7.89. The molecule has 1 aromatic rings. The number of hydrogen-bond donors (Lipinski definition) is 2. The van der Waals surface area contributed by atoms with Crippen molar-refractivity contribution >= 4 is 15.7 Å². The van der Waals surface area contributed by atoms with Crippen LogP contribution in [0.1, 0.15) is 26.3 Å². The summed E-state index contributed by atoms with van der Waals surface area (Å²) in [5.74, 6) is 2.40. The van der Waals surface area contributed by atoms with Gasteiger partial charge in [0.1, 0.15) is 0 Å². The summed E-state index contributed by atoms with van der Waals surface area (Å²) in [6.45, 7) is 5.14. The Kier molecular flexibility index (Phi) is 4.05. The number of sulfonamides is 1. The largest absolute Gasteiger partial charge is 0.399 e. The number of aryl methyl sites for hydroxylation is 1. The quantitative estimate of drug-likeness (QED) is 0.641. The van der Waals surface area contributed by atoms with Crippen LogP contribution in [0.15, 0.2) is 23.1 Å². The van der Waals surface area contributed by atoms with E-state index in [1.807, 2.05) is 6.92 Å². The molecule has 0 aliphatic rings. The summed E-state index contributed by atoms with van der Waals surface area (Å²) in [5.41, 5.74) is 5.83. The minimum atomic E-state index is -3.67. The van der Waals surface area contributed by atoms with Crippen molar-refractivity contribution in [3.05, 3.63) is 23.8 Å². The lowest BCUT2D eigenvalue weighted by molar-refractivity contribution is 0.538. The highest BCUT2D eigenvalue weighted by Gasteiger charge is 2.26. The number of nitrogens with two attached hydrogens (primary N) is 1. The first-order valence-corrected chi connectivity index (χ1v) is 7.10. The molecule has 0 saturated carbocycles. The molecule has 0 fully saturated rings. The maximum Gasteiger partial charge on any atom is 0.242 e. The minimum absolute atomic E-state index is 0.188. The van der Waals surface area contributed by atoms with E-state index in [1.54, 1.807) is 26.0 Å². The normalized spacial score (nSPS) is 12.1. The Balaban J connectivity index is 3.29.